The van der Waals surface area contributed by atoms with Crippen molar-refractivity contribution in [1.82, 2.24) is 10.0 Å². The number of carboxylic acid groups (broad SMARTS) is 1. The Balaban J connectivity index is 1.49. The molecule has 38 heavy (non-hydrogen) atoms. The standard InChI is InChI=1S/C29H33N3O5S/c1-17-13-19(3)27(20(4)14-17)38(36,37)32-26(28(33)34)15-21-6-9-22(10-7-21)23-8-5-18(2)25(16-23)31-29(35)30-24-11-12-24/h5-10,13-14,16,24,26,32H,11-12,15H2,1-4H3,(H,33,34)(H2,30,31,35)/t26-/m0/s1. The largest absolute Gasteiger partial charge is 0.480 e. The minimum atomic E-state index is -4.05. The summed E-state index contributed by atoms with van der Waals surface area (Å²) in [6, 6.07) is 15.3. The van der Waals surface area contributed by atoms with Gasteiger partial charge in [0.1, 0.15) is 6.04 Å². The van der Waals surface area contributed by atoms with E-state index in [0.717, 1.165) is 35.1 Å². The molecule has 4 rings (SSSR count). The van der Waals surface area contributed by atoms with Crippen molar-refractivity contribution in [3.8, 4) is 11.1 Å². The predicted octanol–water partition coefficient (Wildman–Crippen LogP) is 4.85. The van der Waals surface area contributed by atoms with Gasteiger partial charge in [0.05, 0.1) is 4.90 Å². The van der Waals surface area contributed by atoms with E-state index in [9.17, 15) is 23.1 Å². The van der Waals surface area contributed by atoms with Crippen molar-refractivity contribution in [3.63, 3.8) is 0 Å². The molecule has 9 heteroatoms. The molecule has 4 N–H and O–H groups in total. The Labute approximate surface area is 223 Å². The van der Waals surface area contributed by atoms with Gasteiger partial charge < -0.3 is 15.7 Å². The molecule has 0 radical (unpaired) electrons. The van der Waals surface area contributed by atoms with Gasteiger partial charge in [0.2, 0.25) is 10.0 Å². The topological polar surface area (TPSA) is 125 Å². The van der Waals surface area contributed by atoms with Crippen molar-refractivity contribution in [2.75, 3.05) is 5.32 Å². The van der Waals surface area contributed by atoms with Crippen LogP contribution in [-0.2, 0) is 21.2 Å². The highest BCUT2D eigenvalue weighted by Crippen LogP contribution is 2.27. The van der Waals surface area contributed by atoms with Crippen LogP contribution in [-0.4, -0.2) is 37.6 Å². The summed E-state index contributed by atoms with van der Waals surface area (Å²) in [7, 11) is -4.05. The van der Waals surface area contributed by atoms with E-state index in [1.165, 1.54) is 0 Å². The summed E-state index contributed by atoms with van der Waals surface area (Å²) >= 11 is 0. The lowest BCUT2D eigenvalue weighted by molar-refractivity contribution is -0.138. The average molecular weight is 536 g/mol. The van der Waals surface area contributed by atoms with Crippen LogP contribution in [0.2, 0.25) is 0 Å². The van der Waals surface area contributed by atoms with Crippen molar-refractivity contribution < 1.29 is 23.1 Å². The van der Waals surface area contributed by atoms with Gasteiger partial charge in [0.25, 0.3) is 0 Å². The van der Waals surface area contributed by atoms with E-state index < -0.39 is 22.0 Å². The van der Waals surface area contributed by atoms with E-state index in [-0.39, 0.29) is 23.4 Å². The third-order valence-electron chi connectivity index (χ3n) is 6.59. The molecule has 0 spiro atoms. The molecule has 8 nitrogen and oxygen atoms in total. The first-order chi connectivity index (χ1) is 17.9. The molecular weight excluding hydrogens is 502 g/mol. The molecule has 0 heterocycles. The zero-order chi connectivity index (χ0) is 27.6. The van der Waals surface area contributed by atoms with Gasteiger partial charge in [-0.25, -0.2) is 13.2 Å². The highest BCUT2D eigenvalue weighted by atomic mass is 32.2. The highest BCUT2D eigenvalue weighted by Gasteiger charge is 2.28. The number of aryl methyl sites for hydroxylation is 4. The SMILES string of the molecule is Cc1cc(C)c(S(=O)(=O)N[C@@H](Cc2ccc(-c3ccc(C)c(NC(=O)NC4CC4)c3)cc2)C(=O)O)c(C)c1. The smallest absolute Gasteiger partial charge is 0.322 e. The van der Waals surface area contributed by atoms with Crippen molar-refractivity contribution >= 4 is 27.7 Å². The molecule has 0 unspecified atom stereocenters. The second-order valence-electron chi connectivity index (χ2n) is 10.0. The fourth-order valence-corrected chi connectivity index (χ4v) is 6.24. The molecule has 0 bridgehead atoms. The number of aliphatic carboxylic acids is 1. The maximum absolute atomic E-state index is 13.1. The lowest BCUT2D eigenvalue weighted by Gasteiger charge is -2.18. The van der Waals surface area contributed by atoms with Gasteiger partial charge in [-0.2, -0.15) is 4.72 Å². The molecule has 1 aliphatic carbocycles. The maximum Gasteiger partial charge on any atom is 0.322 e. The van der Waals surface area contributed by atoms with Gasteiger partial charge in [0.15, 0.2) is 0 Å². The van der Waals surface area contributed by atoms with Crippen LogP contribution in [0.1, 0.15) is 40.7 Å². The molecule has 0 aliphatic heterocycles. The second kappa shape index (κ2) is 11.0. The Morgan fingerprint density at radius 1 is 0.895 bits per heavy atom. The fraction of sp³-hybridized carbons (Fsp3) is 0.310. The predicted molar refractivity (Wildman–Crippen MR) is 148 cm³/mol. The van der Waals surface area contributed by atoms with Crippen LogP contribution in [0.15, 0.2) is 59.5 Å². The van der Waals surface area contributed by atoms with Crippen LogP contribution < -0.4 is 15.4 Å². The Morgan fingerprint density at radius 2 is 1.50 bits per heavy atom. The van der Waals surface area contributed by atoms with Gasteiger partial charge in [-0.3, -0.25) is 4.79 Å². The van der Waals surface area contributed by atoms with Crippen molar-refractivity contribution in [3.05, 3.63) is 82.4 Å². The summed E-state index contributed by atoms with van der Waals surface area (Å²) in [5, 5.41) is 15.6. The first kappa shape index (κ1) is 27.3. The molecule has 200 valence electrons. The van der Waals surface area contributed by atoms with Crippen LogP contribution in [0, 0.1) is 27.7 Å². The van der Waals surface area contributed by atoms with E-state index in [1.807, 2.05) is 44.2 Å². The Bertz CT molecular complexity index is 1460. The molecule has 3 aromatic rings. The zero-order valence-electron chi connectivity index (χ0n) is 22.0. The quantitative estimate of drug-likeness (QED) is 0.312. The Morgan fingerprint density at radius 3 is 2.08 bits per heavy atom. The van der Waals surface area contributed by atoms with Crippen molar-refractivity contribution in [2.24, 2.45) is 0 Å². The maximum atomic E-state index is 13.1. The monoisotopic (exact) mass is 535 g/mol. The number of urea groups is 1. The highest BCUT2D eigenvalue weighted by molar-refractivity contribution is 7.89. The minimum Gasteiger partial charge on any atom is -0.480 e. The van der Waals surface area contributed by atoms with Crippen LogP contribution in [0.4, 0.5) is 10.5 Å². The van der Waals surface area contributed by atoms with Gasteiger partial charge in [-0.1, -0.05) is 54.1 Å². The number of hydrogen-bond donors (Lipinski definition) is 4. The van der Waals surface area contributed by atoms with E-state index >= 15 is 0 Å². The number of nitrogens with one attached hydrogen (secondary N) is 3. The zero-order valence-corrected chi connectivity index (χ0v) is 22.8. The number of carbonyl (C=O) groups is 2. The number of carboxylic acids is 1. The van der Waals surface area contributed by atoms with Crippen LogP contribution in [0.3, 0.4) is 0 Å². The number of sulfonamides is 1. The molecule has 0 saturated heterocycles. The number of benzene rings is 3. The summed E-state index contributed by atoms with van der Waals surface area (Å²) in [5.41, 5.74) is 6.18. The molecular formula is C29H33N3O5S. The van der Waals surface area contributed by atoms with Gasteiger partial charge in [0, 0.05) is 11.7 Å². The number of hydrogen-bond acceptors (Lipinski definition) is 4. The molecule has 1 aliphatic rings. The molecule has 3 aromatic carbocycles. The fourth-order valence-electron chi connectivity index (χ4n) is 4.59. The van der Waals surface area contributed by atoms with E-state index in [0.29, 0.717) is 22.4 Å². The Kier molecular flexibility index (Phi) is 7.89. The first-order valence-electron chi connectivity index (χ1n) is 12.5. The number of carbonyl (C=O) groups excluding carboxylic acids is 1. The van der Waals surface area contributed by atoms with Crippen molar-refractivity contribution in [1.29, 1.82) is 0 Å². The second-order valence-corrected chi connectivity index (χ2v) is 11.7. The normalized spacial score (nSPS) is 14.1. The van der Waals surface area contributed by atoms with Gasteiger partial charge in [-0.15, -0.1) is 0 Å². The van der Waals surface area contributed by atoms with Gasteiger partial charge >= 0.3 is 12.0 Å². The van der Waals surface area contributed by atoms with Crippen LogP contribution in [0.5, 0.6) is 0 Å². The van der Waals surface area contributed by atoms with E-state index in [1.54, 1.807) is 38.1 Å². The molecule has 1 fully saturated rings. The average Bonchev–Trinajstić information content (AvgIpc) is 3.63. The number of amides is 2. The van der Waals surface area contributed by atoms with Crippen LogP contribution in [0.25, 0.3) is 11.1 Å². The summed E-state index contributed by atoms with van der Waals surface area (Å²) in [4.78, 5) is 24.3. The summed E-state index contributed by atoms with van der Waals surface area (Å²) in [6.45, 7) is 7.21. The number of rotatable bonds is 9. The molecule has 1 saturated carbocycles. The third kappa shape index (κ3) is 6.59. The van der Waals surface area contributed by atoms with Crippen LogP contribution >= 0.6 is 0 Å². The lowest BCUT2D eigenvalue weighted by Crippen LogP contribution is -2.42. The van der Waals surface area contributed by atoms with E-state index in [2.05, 4.69) is 15.4 Å². The summed E-state index contributed by atoms with van der Waals surface area (Å²) in [6.07, 6.45) is 2.00. The Hall–Kier alpha value is -3.69. The minimum absolute atomic E-state index is 0.0131. The molecule has 0 aromatic heterocycles. The first-order valence-corrected chi connectivity index (χ1v) is 14.0. The van der Waals surface area contributed by atoms with Gasteiger partial charge in [-0.05, 0) is 86.4 Å². The van der Waals surface area contributed by atoms with Crippen molar-refractivity contribution in [2.45, 2.75) is 63.9 Å². The summed E-state index contributed by atoms with van der Waals surface area (Å²) < 4.78 is 28.6. The molecule has 1 atom stereocenters. The third-order valence-corrected chi connectivity index (χ3v) is 8.37. The summed E-state index contributed by atoms with van der Waals surface area (Å²) in [5.74, 6) is -1.25. The lowest BCUT2D eigenvalue weighted by atomic mass is 9.99. The number of anilines is 1. The molecule has 2 amide bonds. The van der Waals surface area contributed by atoms with E-state index in [4.69, 9.17) is 0 Å².